The normalized spacial score (nSPS) is 25.9. The van der Waals surface area contributed by atoms with Gasteiger partial charge in [0.25, 0.3) is 0 Å². The van der Waals surface area contributed by atoms with Gasteiger partial charge in [0.1, 0.15) is 0 Å². The van der Waals surface area contributed by atoms with E-state index in [1.165, 1.54) is 17.2 Å². The van der Waals surface area contributed by atoms with Gasteiger partial charge in [0.15, 0.2) is 0 Å². The zero-order chi connectivity index (χ0) is 13.5. The first-order valence-corrected chi connectivity index (χ1v) is 9.25. The number of rotatable bonds is 2. The number of halogens is 2. The van der Waals surface area contributed by atoms with Crippen LogP contribution in [0.3, 0.4) is 0 Å². The van der Waals surface area contributed by atoms with Gasteiger partial charge in [-0.05, 0) is 12.6 Å². The van der Waals surface area contributed by atoms with Gasteiger partial charge >= 0.3 is 26.2 Å². The summed E-state index contributed by atoms with van der Waals surface area (Å²) in [6.07, 6.45) is 13.1. The first-order valence-electron chi connectivity index (χ1n) is 7.39. The summed E-state index contributed by atoms with van der Waals surface area (Å²) in [5, 5.41) is 4.35. The maximum atomic E-state index is 2.61. The van der Waals surface area contributed by atoms with Crippen molar-refractivity contribution in [1.29, 1.82) is 0 Å². The molecule has 4 unspecified atom stereocenters. The molecule has 0 spiro atoms. The second kappa shape index (κ2) is 9.05. The van der Waals surface area contributed by atoms with Crippen molar-refractivity contribution in [2.45, 2.75) is 12.1 Å². The van der Waals surface area contributed by atoms with Gasteiger partial charge in [-0.2, -0.15) is 6.07 Å². The fourth-order valence-corrected chi connectivity index (χ4v) is 5.63. The Morgan fingerprint density at radius 1 is 1.09 bits per heavy atom. The maximum Gasteiger partial charge on any atom is 4.00 e. The van der Waals surface area contributed by atoms with E-state index in [4.69, 9.17) is 0 Å². The number of allylic oxidation sites excluding steroid dienone is 4. The van der Waals surface area contributed by atoms with E-state index in [1.54, 1.807) is 5.30 Å². The summed E-state index contributed by atoms with van der Waals surface area (Å²) in [5.74, 6) is 1.43. The molecule has 0 aromatic heterocycles. The van der Waals surface area contributed by atoms with Crippen molar-refractivity contribution in [2.24, 2.45) is 11.8 Å². The number of fused-ring (bicyclic) bond motifs is 2. The summed E-state index contributed by atoms with van der Waals surface area (Å²) in [5.41, 5.74) is 0.768. The SMILES string of the molecule is CP(c1cc2ccccc2[cH-]1)C1[CH-]C2C=CC=CC2C1.[Cl-].[Cl-].[Zr+4]. The molecule has 2 aliphatic rings. The third kappa shape index (κ3) is 4.25. The van der Waals surface area contributed by atoms with E-state index in [0.717, 1.165) is 11.6 Å². The van der Waals surface area contributed by atoms with Crippen LogP contribution in [0.15, 0.2) is 60.7 Å². The van der Waals surface area contributed by atoms with E-state index in [1.807, 2.05) is 0 Å². The molecular weight excluding hydrogens is 421 g/mol. The summed E-state index contributed by atoms with van der Waals surface area (Å²) in [4.78, 5) is 0. The van der Waals surface area contributed by atoms with Gasteiger partial charge in [0, 0.05) is 0 Å². The molecule has 0 aliphatic heterocycles. The monoisotopic (exact) mass is 438 g/mol. The summed E-state index contributed by atoms with van der Waals surface area (Å²) < 4.78 is 0. The van der Waals surface area contributed by atoms with Crippen LogP contribution in [-0.4, -0.2) is 12.3 Å². The van der Waals surface area contributed by atoms with Crippen molar-refractivity contribution in [3.05, 3.63) is 67.1 Å². The third-order valence-corrected chi connectivity index (χ3v) is 7.21. The minimum absolute atomic E-state index is 0. The van der Waals surface area contributed by atoms with Crippen LogP contribution in [0.25, 0.3) is 10.8 Å². The largest absolute Gasteiger partial charge is 4.00 e. The Labute approximate surface area is 171 Å². The number of hydrogen-bond acceptors (Lipinski definition) is 0. The standard InChI is InChI=1S/C19H19P.2ClH.Zr/c1-20(18-10-14-6-2-3-7-15(14)11-18)19-12-16-8-4-5-9-17(16)13-19;;;/h2-12,16-17,19H,13H2,1H3;2*1H;/q-2;;;+4/p-2. The van der Waals surface area contributed by atoms with Crippen molar-refractivity contribution in [2.75, 3.05) is 6.66 Å². The second-order valence-electron chi connectivity index (χ2n) is 5.96. The van der Waals surface area contributed by atoms with Crippen LogP contribution < -0.4 is 30.1 Å². The van der Waals surface area contributed by atoms with Gasteiger partial charge in [-0.15, -0.1) is 65.9 Å². The quantitative estimate of drug-likeness (QED) is 0.400. The molecule has 0 amide bonds. The predicted molar refractivity (Wildman–Crippen MR) is 90.0 cm³/mol. The van der Waals surface area contributed by atoms with Crippen LogP contribution in [0.1, 0.15) is 6.42 Å². The average molecular weight is 440 g/mol. The van der Waals surface area contributed by atoms with E-state index in [-0.39, 0.29) is 58.9 Å². The van der Waals surface area contributed by atoms with E-state index in [9.17, 15) is 0 Å². The molecule has 2 aromatic rings. The van der Waals surface area contributed by atoms with Gasteiger partial charge in [0.2, 0.25) is 0 Å². The topological polar surface area (TPSA) is 0 Å². The smallest absolute Gasteiger partial charge is 1.00 e. The molecule has 4 atom stereocenters. The Morgan fingerprint density at radius 3 is 2.57 bits per heavy atom. The molecule has 0 bridgehead atoms. The Hall–Kier alpha value is 0.203. The van der Waals surface area contributed by atoms with Gasteiger partial charge in [-0.3, -0.25) is 0 Å². The second-order valence-corrected chi connectivity index (χ2v) is 8.36. The fraction of sp³-hybridized carbons (Fsp3) is 0.263. The molecule has 0 radical (unpaired) electrons. The molecule has 0 N–H and O–H groups in total. The zero-order valence-electron chi connectivity index (χ0n) is 13.0. The van der Waals surface area contributed by atoms with Crippen molar-refractivity contribution < 1.29 is 51.0 Å². The zero-order valence-corrected chi connectivity index (χ0v) is 17.9. The molecule has 118 valence electrons. The van der Waals surface area contributed by atoms with Gasteiger partial charge in [0.05, 0.1) is 0 Å². The van der Waals surface area contributed by atoms with Gasteiger partial charge in [-0.25, -0.2) is 0 Å². The van der Waals surface area contributed by atoms with E-state index in [2.05, 4.69) is 73.8 Å². The minimum atomic E-state index is -0.0838. The van der Waals surface area contributed by atoms with E-state index >= 15 is 0 Å². The molecule has 2 aromatic carbocycles. The maximum absolute atomic E-state index is 2.61. The van der Waals surface area contributed by atoms with Crippen LogP contribution in [0.4, 0.5) is 0 Å². The molecule has 4 heteroatoms. The average Bonchev–Trinajstić information content (AvgIpc) is 3.10. The Bertz CT molecular complexity index is 638. The molecule has 2 aliphatic carbocycles. The molecule has 1 saturated carbocycles. The van der Waals surface area contributed by atoms with Crippen molar-refractivity contribution in [1.82, 2.24) is 0 Å². The Morgan fingerprint density at radius 2 is 1.83 bits per heavy atom. The van der Waals surface area contributed by atoms with Crippen molar-refractivity contribution in [3.8, 4) is 0 Å². The van der Waals surface area contributed by atoms with Crippen LogP contribution in [0, 0.1) is 18.3 Å². The molecule has 23 heavy (non-hydrogen) atoms. The summed E-state index contributed by atoms with van der Waals surface area (Å²) in [6, 6.07) is 13.5. The fourth-order valence-electron chi connectivity index (χ4n) is 3.54. The third-order valence-electron chi connectivity index (χ3n) is 4.76. The van der Waals surface area contributed by atoms with Crippen molar-refractivity contribution in [3.63, 3.8) is 0 Å². The van der Waals surface area contributed by atoms with E-state index < -0.39 is 0 Å². The molecule has 1 fully saturated rings. The summed E-state index contributed by atoms with van der Waals surface area (Å²) >= 11 is 0. The first kappa shape index (κ1) is 21.2. The molecule has 0 nitrogen and oxygen atoms in total. The van der Waals surface area contributed by atoms with Gasteiger partial charge < -0.3 is 31.2 Å². The first-order chi connectivity index (χ1) is 9.81. The summed E-state index contributed by atoms with van der Waals surface area (Å²) in [7, 11) is -0.0838. The molecular formula is C19H19Cl2PZr. The van der Waals surface area contributed by atoms with Crippen LogP contribution >= 0.6 is 7.92 Å². The molecule has 0 saturated heterocycles. The molecule has 4 rings (SSSR count). The van der Waals surface area contributed by atoms with Crippen LogP contribution in [-0.2, 0) is 26.2 Å². The van der Waals surface area contributed by atoms with Crippen LogP contribution in [0.5, 0.6) is 0 Å². The Balaban J connectivity index is 0.000000882. The van der Waals surface area contributed by atoms with Gasteiger partial charge in [-0.1, -0.05) is 30.7 Å². The predicted octanol–water partition coefficient (Wildman–Crippen LogP) is -1.36. The number of hydrogen-bond donors (Lipinski definition) is 0. The number of benzene rings is 1. The Kier molecular flexibility index (Phi) is 8.36. The molecule has 0 heterocycles. The minimum Gasteiger partial charge on any atom is -1.00 e. The van der Waals surface area contributed by atoms with Crippen molar-refractivity contribution >= 4 is 24.0 Å². The summed E-state index contributed by atoms with van der Waals surface area (Å²) in [6.45, 7) is 2.45. The van der Waals surface area contributed by atoms with Crippen LogP contribution in [0.2, 0.25) is 0 Å². The van der Waals surface area contributed by atoms with E-state index in [0.29, 0.717) is 5.92 Å².